The summed E-state index contributed by atoms with van der Waals surface area (Å²) in [6.07, 6.45) is 2.89. The molecule has 2 aromatic rings. The maximum absolute atomic E-state index is 11.9. The quantitative estimate of drug-likeness (QED) is 0.679. The summed E-state index contributed by atoms with van der Waals surface area (Å²) in [7, 11) is 0. The monoisotopic (exact) mass is 352 g/mol. The maximum atomic E-state index is 11.9. The van der Waals surface area contributed by atoms with Crippen LogP contribution in [0, 0.1) is 12.8 Å². The second-order valence-electron chi connectivity index (χ2n) is 7.19. The number of hydrogen-bond donors (Lipinski definition) is 1. The van der Waals surface area contributed by atoms with Gasteiger partial charge >= 0.3 is 5.97 Å². The first-order valence-corrected chi connectivity index (χ1v) is 9.38. The molecule has 26 heavy (non-hydrogen) atoms. The Hall–Kier alpha value is -2.33. The minimum absolute atomic E-state index is 0.0834. The van der Waals surface area contributed by atoms with Crippen LogP contribution < -0.4 is 5.73 Å². The van der Waals surface area contributed by atoms with Gasteiger partial charge in [0, 0.05) is 12.2 Å². The van der Waals surface area contributed by atoms with Crippen LogP contribution in [-0.4, -0.2) is 36.6 Å². The number of fused-ring (bicyclic) bond motifs is 3. The highest BCUT2D eigenvalue weighted by molar-refractivity contribution is 5.72. The molecule has 0 unspecified atom stereocenters. The zero-order valence-electron chi connectivity index (χ0n) is 15.4. The van der Waals surface area contributed by atoms with Crippen molar-refractivity contribution in [3.8, 4) is 0 Å². The van der Waals surface area contributed by atoms with E-state index in [-0.39, 0.29) is 12.1 Å². The molecule has 3 heterocycles. The van der Waals surface area contributed by atoms with E-state index < -0.39 is 0 Å². The van der Waals surface area contributed by atoms with Gasteiger partial charge in [-0.2, -0.15) is 0 Å². The molecule has 5 rings (SSSR count). The van der Waals surface area contributed by atoms with Crippen LogP contribution in [0.5, 0.6) is 0 Å². The summed E-state index contributed by atoms with van der Waals surface area (Å²) in [5.41, 5.74) is 8.56. The zero-order valence-corrected chi connectivity index (χ0v) is 15.4. The molecule has 0 spiro atoms. The third kappa shape index (κ3) is 5.09. The Labute approximate surface area is 156 Å². The van der Waals surface area contributed by atoms with E-state index in [0.717, 1.165) is 23.4 Å². The van der Waals surface area contributed by atoms with Crippen LogP contribution in [-0.2, 0) is 16.0 Å². The Morgan fingerprint density at radius 3 is 2.27 bits per heavy atom. The molecule has 0 aromatic heterocycles. The van der Waals surface area contributed by atoms with Gasteiger partial charge in [-0.25, -0.2) is 0 Å². The number of rotatable bonds is 3. The van der Waals surface area contributed by atoms with Crippen molar-refractivity contribution in [2.75, 3.05) is 25.4 Å². The van der Waals surface area contributed by atoms with Crippen LogP contribution in [0.2, 0.25) is 0 Å². The van der Waals surface area contributed by atoms with Crippen LogP contribution in [0.15, 0.2) is 54.6 Å². The van der Waals surface area contributed by atoms with E-state index in [2.05, 4.69) is 4.90 Å². The molecule has 3 aliphatic rings. The third-order valence-electron chi connectivity index (χ3n) is 5.26. The molecule has 2 bridgehead atoms. The highest BCUT2D eigenvalue weighted by atomic mass is 16.5. The molecule has 1 atom stereocenters. The van der Waals surface area contributed by atoms with Gasteiger partial charge in [-0.1, -0.05) is 48.5 Å². The molecular formula is C22H28N2O2. The highest BCUT2D eigenvalue weighted by Gasteiger charge is 2.36. The predicted octanol–water partition coefficient (Wildman–Crippen LogP) is 3.44. The van der Waals surface area contributed by atoms with E-state index >= 15 is 0 Å². The summed E-state index contributed by atoms with van der Waals surface area (Å²) >= 11 is 0. The van der Waals surface area contributed by atoms with E-state index in [1.54, 1.807) is 0 Å². The first-order chi connectivity index (χ1) is 12.6. The van der Waals surface area contributed by atoms with E-state index in [4.69, 9.17) is 10.5 Å². The molecular weight excluding hydrogens is 324 g/mol. The van der Waals surface area contributed by atoms with E-state index in [1.165, 1.54) is 25.9 Å². The van der Waals surface area contributed by atoms with Crippen molar-refractivity contribution in [1.29, 1.82) is 0 Å². The number of ether oxygens (including phenoxy) is 1. The van der Waals surface area contributed by atoms with Crippen LogP contribution >= 0.6 is 0 Å². The van der Waals surface area contributed by atoms with Crippen molar-refractivity contribution in [3.63, 3.8) is 0 Å². The molecule has 2 aromatic carbocycles. The fourth-order valence-electron chi connectivity index (χ4n) is 3.60. The van der Waals surface area contributed by atoms with E-state index in [1.807, 2.05) is 61.5 Å². The number of para-hydroxylation sites is 1. The Balaban J connectivity index is 0.000000206. The van der Waals surface area contributed by atoms with Gasteiger partial charge in [-0.3, -0.25) is 9.69 Å². The SMILES string of the molecule is Cc1ccccc1N.O=C(Cc1ccccc1)O[C@H]1CN2CCC1CC2. The first-order valence-electron chi connectivity index (χ1n) is 9.38. The molecule has 3 fully saturated rings. The number of carbonyl (C=O) groups is 1. The lowest BCUT2D eigenvalue weighted by atomic mass is 9.86. The van der Waals surface area contributed by atoms with Gasteiger partial charge in [0.1, 0.15) is 6.10 Å². The van der Waals surface area contributed by atoms with Gasteiger partial charge in [-0.05, 0) is 56.0 Å². The zero-order chi connectivity index (χ0) is 18.4. The fraction of sp³-hybridized carbons (Fsp3) is 0.409. The van der Waals surface area contributed by atoms with Gasteiger partial charge in [-0.15, -0.1) is 0 Å². The van der Waals surface area contributed by atoms with Crippen LogP contribution in [0.3, 0.4) is 0 Å². The maximum Gasteiger partial charge on any atom is 0.310 e. The number of carbonyl (C=O) groups excluding carboxylic acids is 1. The fourth-order valence-corrected chi connectivity index (χ4v) is 3.60. The Kier molecular flexibility index (Phi) is 6.29. The Bertz CT molecular complexity index is 688. The molecule has 3 saturated heterocycles. The summed E-state index contributed by atoms with van der Waals surface area (Å²) in [6.45, 7) is 5.29. The normalized spacial score (nSPS) is 23.7. The van der Waals surface area contributed by atoms with Gasteiger partial charge in [0.05, 0.1) is 6.42 Å². The second kappa shape index (κ2) is 8.86. The number of nitrogens with two attached hydrogens (primary N) is 1. The molecule has 4 nitrogen and oxygen atoms in total. The van der Waals surface area contributed by atoms with Crippen LogP contribution in [0.1, 0.15) is 24.0 Å². The van der Waals surface area contributed by atoms with Crippen molar-refractivity contribution >= 4 is 11.7 Å². The van der Waals surface area contributed by atoms with Crippen molar-refractivity contribution in [1.82, 2.24) is 4.90 Å². The lowest BCUT2D eigenvalue weighted by Gasteiger charge is -2.43. The number of benzene rings is 2. The number of anilines is 1. The average molecular weight is 352 g/mol. The third-order valence-corrected chi connectivity index (χ3v) is 5.26. The summed E-state index contributed by atoms with van der Waals surface area (Å²) in [5.74, 6) is 0.509. The van der Waals surface area contributed by atoms with Crippen molar-refractivity contribution in [2.45, 2.75) is 32.3 Å². The summed E-state index contributed by atoms with van der Waals surface area (Å²) < 4.78 is 5.65. The predicted molar refractivity (Wildman–Crippen MR) is 105 cm³/mol. The van der Waals surface area contributed by atoms with E-state index in [9.17, 15) is 4.79 Å². The smallest absolute Gasteiger partial charge is 0.310 e. The first kappa shape index (κ1) is 18.5. The van der Waals surface area contributed by atoms with Gasteiger partial charge < -0.3 is 10.5 Å². The molecule has 4 heteroatoms. The van der Waals surface area contributed by atoms with Gasteiger partial charge in [0.2, 0.25) is 0 Å². The average Bonchev–Trinajstić information content (AvgIpc) is 2.66. The lowest BCUT2D eigenvalue weighted by Crippen LogP contribution is -2.52. The largest absolute Gasteiger partial charge is 0.460 e. The van der Waals surface area contributed by atoms with Gasteiger partial charge in [0.25, 0.3) is 0 Å². The van der Waals surface area contributed by atoms with Crippen molar-refractivity contribution < 1.29 is 9.53 Å². The minimum Gasteiger partial charge on any atom is -0.460 e. The van der Waals surface area contributed by atoms with Crippen molar-refractivity contribution in [3.05, 3.63) is 65.7 Å². The molecule has 0 aliphatic carbocycles. The van der Waals surface area contributed by atoms with Crippen molar-refractivity contribution in [2.24, 2.45) is 5.92 Å². The number of nitrogen functional groups attached to an aromatic ring is 1. The lowest BCUT2D eigenvalue weighted by molar-refractivity contribution is -0.157. The summed E-state index contributed by atoms with van der Waals surface area (Å²) in [5, 5.41) is 0. The number of esters is 1. The number of piperidine rings is 3. The topological polar surface area (TPSA) is 55.6 Å². The van der Waals surface area contributed by atoms with Crippen LogP contribution in [0.25, 0.3) is 0 Å². The summed E-state index contributed by atoms with van der Waals surface area (Å²) in [6, 6.07) is 17.6. The molecule has 138 valence electrons. The highest BCUT2D eigenvalue weighted by Crippen LogP contribution is 2.29. The molecule has 2 N–H and O–H groups in total. The number of hydrogen-bond acceptors (Lipinski definition) is 4. The molecule has 0 radical (unpaired) electrons. The van der Waals surface area contributed by atoms with E-state index in [0.29, 0.717) is 12.3 Å². The standard InChI is InChI=1S/C15H19NO2.C7H9N/c17-15(10-12-4-2-1-3-5-12)18-14-11-16-8-6-13(14)7-9-16;1-6-4-2-3-5-7(6)8/h1-5,13-14H,6-11H2;2-5H,8H2,1H3/t14-;/m0./s1. The Morgan fingerprint density at radius 2 is 1.73 bits per heavy atom. The number of aryl methyl sites for hydroxylation is 1. The van der Waals surface area contributed by atoms with Crippen LogP contribution in [0.4, 0.5) is 5.69 Å². The van der Waals surface area contributed by atoms with Gasteiger partial charge in [0.15, 0.2) is 0 Å². The summed E-state index contributed by atoms with van der Waals surface area (Å²) in [4.78, 5) is 14.3. The molecule has 0 saturated carbocycles. The second-order valence-corrected chi connectivity index (χ2v) is 7.19. The Morgan fingerprint density at radius 1 is 1.08 bits per heavy atom. The number of nitrogens with zero attached hydrogens (tertiary/aromatic N) is 1. The minimum atomic E-state index is -0.0834. The molecule has 0 amide bonds. The molecule has 3 aliphatic heterocycles.